The number of hydrogen-bond donors (Lipinski definition) is 4. The van der Waals surface area contributed by atoms with Gasteiger partial charge in [-0.3, -0.25) is 28.6 Å². The van der Waals surface area contributed by atoms with Crippen molar-refractivity contribution in [2.75, 3.05) is 12.3 Å². The van der Waals surface area contributed by atoms with Crippen LogP contribution in [0.3, 0.4) is 0 Å². The monoisotopic (exact) mass is 568 g/mol. The second-order valence-electron chi connectivity index (χ2n) is 11.0. The third kappa shape index (κ3) is 7.26. The molecule has 0 saturated carbocycles. The van der Waals surface area contributed by atoms with Crippen LogP contribution in [0.25, 0.3) is 16.8 Å². The van der Waals surface area contributed by atoms with Crippen molar-refractivity contribution >= 4 is 50.1 Å². The standard InChI is InChI=1S/C29H40N6O4S/c1-18(2)26-28(37)32-20(4)29(38)35-13-8-10-25(33-35)27(36)31-19(3)21-11-12-22-17-30-24(16-23(22)15-21)9-6-7-14-40(5,39)34-26/h6,9,11-12,15-20,25-26,33H,5,7-8,10,13-14H2,1-4H3,(H,31,36)(H,32,37)(H,34,39)/b9-6+/t19-,20+,25+,26+,40?/m1/s1. The topological polar surface area (TPSA) is 133 Å². The highest BCUT2D eigenvalue weighted by atomic mass is 32.2. The fraction of sp³-hybridized carbons (Fsp3) is 0.483. The zero-order valence-electron chi connectivity index (χ0n) is 23.6. The molecule has 4 rings (SSSR count). The predicted molar refractivity (Wildman–Crippen MR) is 159 cm³/mol. The Balaban J connectivity index is 1.64. The molecule has 1 aromatic carbocycles. The van der Waals surface area contributed by atoms with E-state index in [0.29, 0.717) is 25.8 Å². The SMILES string of the molecule is C=S1(=O)CC/C=C/c2cc3cc(ccc3cn2)[C@@H](C)NC(=O)[C@@H]2CCCN(N2)C(=O)[C@H](C)NC(=O)[C@H](C(C)C)N1. The number of hydrazine groups is 1. The van der Waals surface area contributed by atoms with Gasteiger partial charge in [0.15, 0.2) is 0 Å². The van der Waals surface area contributed by atoms with Gasteiger partial charge < -0.3 is 10.6 Å². The molecule has 2 aliphatic rings. The first kappa shape index (κ1) is 29.7. The van der Waals surface area contributed by atoms with Crippen molar-refractivity contribution < 1.29 is 18.6 Å². The van der Waals surface area contributed by atoms with Gasteiger partial charge in [-0.2, -0.15) is 0 Å². The number of carbonyl (C=O) groups is 3. The van der Waals surface area contributed by atoms with Crippen LogP contribution in [0.1, 0.15) is 64.3 Å². The van der Waals surface area contributed by atoms with Gasteiger partial charge >= 0.3 is 0 Å². The Morgan fingerprint density at radius 3 is 2.55 bits per heavy atom. The van der Waals surface area contributed by atoms with Crippen LogP contribution in [0.5, 0.6) is 0 Å². The van der Waals surface area contributed by atoms with Crippen LogP contribution >= 0.6 is 0 Å². The Labute approximate surface area is 236 Å². The lowest BCUT2D eigenvalue weighted by Gasteiger charge is -2.35. The second kappa shape index (κ2) is 12.5. The molecule has 4 N–H and O–H groups in total. The number of nitrogens with zero attached hydrogens (tertiary/aromatic N) is 2. The van der Waals surface area contributed by atoms with E-state index in [9.17, 15) is 18.6 Å². The van der Waals surface area contributed by atoms with Gasteiger partial charge in [-0.05, 0) is 74.1 Å². The van der Waals surface area contributed by atoms with Crippen LogP contribution in [-0.2, 0) is 24.1 Å². The molecule has 216 valence electrons. The molecule has 2 aromatic rings. The van der Waals surface area contributed by atoms with Crippen LogP contribution < -0.4 is 20.8 Å². The Kier molecular flexibility index (Phi) is 9.27. The van der Waals surface area contributed by atoms with Crippen molar-refractivity contribution in [2.45, 2.75) is 71.1 Å². The molecule has 3 heterocycles. The van der Waals surface area contributed by atoms with Crippen LogP contribution in [0.15, 0.2) is 36.5 Å². The van der Waals surface area contributed by atoms with Gasteiger partial charge in [-0.1, -0.05) is 32.1 Å². The first-order chi connectivity index (χ1) is 18.9. The van der Waals surface area contributed by atoms with E-state index in [1.807, 2.05) is 57.2 Å². The number of benzene rings is 1. The van der Waals surface area contributed by atoms with E-state index in [1.54, 1.807) is 13.1 Å². The van der Waals surface area contributed by atoms with E-state index in [0.717, 1.165) is 22.0 Å². The summed E-state index contributed by atoms with van der Waals surface area (Å²) in [4.78, 5) is 44.0. The average Bonchev–Trinajstić information content (AvgIpc) is 2.92. The number of fused-ring (bicyclic) bond motifs is 4. The first-order valence-corrected chi connectivity index (χ1v) is 15.7. The molecule has 2 aliphatic heterocycles. The number of amides is 3. The van der Waals surface area contributed by atoms with E-state index >= 15 is 0 Å². The predicted octanol–water partition coefficient (Wildman–Crippen LogP) is 2.07. The van der Waals surface area contributed by atoms with Gasteiger partial charge in [-0.25, -0.2) is 10.1 Å². The number of carbonyl (C=O) groups excluding carboxylic acids is 3. The summed E-state index contributed by atoms with van der Waals surface area (Å²) in [5.74, 6) is 2.94. The molecule has 40 heavy (non-hydrogen) atoms. The van der Waals surface area contributed by atoms with Crippen LogP contribution in [0.2, 0.25) is 0 Å². The van der Waals surface area contributed by atoms with E-state index in [4.69, 9.17) is 0 Å². The maximum absolute atomic E-state index is 13.3. The molecule has 0 aliphatic carbocycles. The van der Waals surface area contributed by atoms with Crippen molar-refractivity contribution in [2.24, 2.45) is 5.92 Å². The van der Waals surface area contributed by atoms with Gasteiger partial charge in [0.25, 0.3) is 5.91 Å². The molecule has 1 fully saturated rings. The van der Waals surface area contributed by atoms with E-state index in [-0.39, 0.29) is 29.5 Å². The average molecular weight is 569 g/mol. The third-order valence-electron chi connectivity index (χ3n) is 7.32. The van der Waals surface area contributed by atoms with Gasteiger partial charge in [-0.15, -0.1) is 0 Å². The molecule has 0 radical (unpaired) electrons. The number of nitrogens with one attached hydrogen (secondary N) is 4. The summed E-state index contributed by atoms with van der Waals surface area (Å²) in [5, 5.41) is 9.21. The lowest BCUT2D eigenvalue weighted by atomic mass is 10.0. The van der Waals surface area contributed by atoms with Crippen LogP contribution in [0.4, 0.5) is 0 Å². The first-order valence-electron chi connectivity index (χ1n) is 13.8. The Bertz CT molecular complexity index is 1410. The fourth-order valence-corrected chi connectivity index (χ4v) is 6.39. The zero-order chi connectivity index (χ0) is 29.0. The maximum Gasteiger partial charge on any atom is 0.258 e. The summed E-state index contributed by atoms with van der Waals surface area (Å²) in [7, 11) is -2.79. The summed E-state index contributed by atoms with van der Waals surface area (Å²) in [5.41, 5.74) is 4.76. The number of pyridine rings is 1. The molecule has 1 unspecified atom stereocenters. The number of allylic oxidation sites excluding steroid dienone is 1. The highest BCUT2D eigenvalue weighted by molar-refractivity contribution is 7.98. The minimum absolute atomic E-state index is 0.194. The Morgan fingerprint density at radius 2 is 1.80 bits per heavy atom. The largest absolute Gasteiger partial charge is 0.348 e. The minimum Gasteiger partial charge on any atom is -0.348 e. The van der Waals surface area contributed by atoms with Gasteiger partial charge in [0, 0.05) is 33.6 Å². The molecule has 1 saturated heterocycles. The summed E-state index contributed by atoms with van der Waals surface area (Å²) < 4.78 is 16.2. The van der Waals surface area contributed by atoms with Gasteiger partial charge in [0.05, 0.1) is 17.8 Å². The quantitative estimate of drug-likeness (QED) is 0.390. The van der Waals surface area contributed by atoms with Crippen molar-refractivity contribution in [1.82, 2.24) is 30.8 Å². The van der Waals surface area contributed by atoms with Crippen molar-refractivity contribution in [3.63, 3.8) is 0 Å². The van der Waals surface area contributed by atoms with Crippen molar-refractivity contribution in [3.8, 4) is 0 Å². The molecular formula is C29H40N6O4S. The lowest BCUT2D eigenvalue weighted by Crippen LogP contribution is -2.62. The molecule has 10 nitrogen and oxygen atoms in total. The normalized spacial score (nSPS) is 30.0. The van der Waals surface area contributed by atoms with Crippen LogP contribution in [-0.4, -0.2) is 68.2 Å². The van der Waals surface area contributed by atoms with E-state index < -0.39 is 33.7 Å². The Hall–Kier alpha value is -3.28. The number of aromatic nitrogens is 1. The Morgan fingerprint density at radius 1 is 1.05 bits per heavy atom. The minimum atomic E-state index is -2.79. The third-order valence-corrected chi connectivity index (χ3v) is 8.90. The van der Waals surface area contributed by atoms with E-state index in [2.05, 4.69) is 31.6 Å². The number of rotatable bonds is 1. The van der Waals surface area contributed by atoms with E-state index in [1.165, 1.54) is 5.01 Å². The molecule has 0 spiro atoms. The molecule has 5 bridgehead atoms. The molecule has 5 atom stereocenters. The smallest absolute Gasteiger partial charge is 0.258 e. The fourth-order valence-electron chi connectivity index (χ4n) is 4.91. The summed E-state index contributed by atoms with van der Waals surface area (Å²) in [6.07, 6.45) is 7.27. The lowest BCUT2D eigenvalue weighted by molar-refractivity contribution is -0.143. The van der Waals surface area contributed by atoms with Crippen molar-refractivity contribution in [3.05, 3.63) is 47.8 Å². The highest BCUT2D eigenvalue weighted by Gasteiger charge is 2.33. The molecule has 1 aromatic heterocycles. The maximum atomic E-state index is 13.3. The second-order valence-corrected chi connectivity index (χ2v) is 13.3. The van der Waals surface area contributed by atoms with Crippen LogP contribution in [0, 0.1) is 5.92 Å². The van der Waals surface area contributed by atoms with Gasteiger partial charge in [0.2, 0.25) is 11.8 Å². The zero-order valence-corrected chi connectivity index (χ0v) is 24.4. The summed E-state index contributed by atoms with van der Waals surface area (Å²) >= 11 is 0. The summed E-state index contributed by atoms with van der Waals surface area (Å²) in [6.45, 7) is 7.64. The van der Waals surface area contributed by atoms with Crippen molar-refractivity contribution in [1.29, 1.82) is 0 Å². The summed E-state index contributed by atoms with van der Waals surface area (Å²) in [6, 6.07) is 5.49. The van der Waals surface area contributed by atoms with Gasteiger partial charge in [0.1, 0.15) is 12.1 Å². The highest BCUT2D eigenvalue weighted by Crippen LogP contribution is 2.22. The number of hydrogen-bond acceptors (Lipinski definition) is 6. The molecule has 3 amide bonds. The molecular weight excluding hydrogens is 528 g/mol. The molecule has 11 heteroatoms.